The van der Waals surface area contributed by atoms with E-state index in [1.807, 2.05) is 24.3 Å². The lowest BCUT2D eigenvalue weighted by Crippen LogP contribution is -2.51. The molecule has 1 aliphatic rings. The fraction of sp³-hybridized carbons (Fsp3) is 0.556. The molecule has 1 saturated heterocycles. The first-order chi connectivity index (χ1) is 11.2. The van der Waals surface area contributed by atoms with E-state index in [1.165, 1.54) is 4.90 Å². The molecule has 1 heterocycles. The summed E-state index contributed by atoms with van der Waals surface area (Å²) >= 11 is 0. The first-order valence-electron chi connectivity index (χ1n) is 8.07. The van der Waals surface area contributed by atoms with Gasteiger partial charge in [-0.25, -0.2) is 9.59 Å². The standard InChI is InChI=1S/C18H25NO5/c1-18(2,3)24-17(22)19-10-9-13(11-15(19)16(20)21)12-5-7-14(23-4)8-6-12/h5-8,13,15H,9-11H2,1-4H3,(H,20,21). The quantitative estimate of drug-likeness (QED) is 0.917. The highest BCUT2D eigenvalue weighted by Crippen LogP contribution is 2.33. The van der Waals surface area contributed by atoms with Crippen LogP contribution in [0.3, 0.4) is 0 Å². The van der Waals surface area contributed by atoms with Crippen molar-refractivity contribution in [2.45, 2.75) is 51.2 Å². The van der Waals surface area contributed by atoms with Gasteiger partial charge in [-0.05, 0) is 57.2 Å². The number of likely N-dealkylation sites (tertiary alicyclic amines) is 1. The first kappa shape index (κ1) is 18.1. The Morgan fingerprint density at radius 2 is 1.83 bits per heavy atom. The Bertz CT molecular complexity index is 590. The van der Waals surface area contributed by atoms with Crippen LogP contribution in [-0.4, -0.2) is 47.4 Å². The second-order valence-corrected chi connectivity index (χ2v) is 7.02. The molecule has 6 heteroatoms. The molecule has 24 heavy (non-hydrogen) atoms. The fourth-order valence-electron chi connectivity index (χ4n) is 2.92. The van der Waals surface area contributed by atoms with Crippen LogP contribution in [0.25, 0.3) is 0 Å². The Balaban J connectivity index is 2.12. The van der Waals surface area contributed by atoms with Gasteiger partial charge in [0.05, 0.1) is 7.11 Å². The van der Waals surface area contributed by atoms with Gasteiger partial charge in [-0.3, -0.25) is 4.90 Å². The molecule has 1 aliphatic heterocycles. The minimum atomic E-state index is -1.00. The van der Waals surface area contributed by atoms with Gasteiger partial charge in [-0.2, -0.15) is 0 Å². The maximum atomic E-state index is 12.3. The molecule has 0 aliphatic carbocycles. The van der Waals surface area contributed by atoms with Crippen LogP contribution in [0.5, 0.6) is 5.75 Å². The third-order valence-electron chi connectivity index (χ3n) is 4.10. The summed E-state index contributed by atoms with van der Waals surface area (Å²) in [5.41, 5.74) is 0.415. The van der Waals surface area contributed by atoms with E-state index in [1.54, 1.807) is 27.9 Å². The summed E-state index contributed by atoms with van der Waals surface area (Å²) in [5, 5.41) is 9.53. The molecule has 1 N–H and O–H groups in total. The van der Waals surface area contributed by atoms with Gasteiger partial charge in [-0.15, -0.1) is 0 Å². The number of carboxylic acids is 1. The highest BCUT2D eigenvalue weighted by Gasteiger charge is 2.38. The zero-order valence-corrected chi connectivity index (χ0v) is 14.6. The molecule has 0 saturated carbocycles. The number of amides is 1. The summed E-state index contributed by atoms with van der Waals surface area (Å²) in [7, 11) is 1.61. The minimum absolute atomic E-state index is 0.0932. The Hall–Kier alpha value is -2.24. The summed E-state index contributed by atoms with van der Waals surface area (Å²) in [6.07, 6.45) is 0.513. The Morgan fingerprint density at radius 3 is 2.33 bits per heavy atom. The second kappa shape index (κ2) is 7.11. The molecule has 0 spiro atoms. The molecule has 2 atom stereocenters. The molecule has 6 nitrogen and oxygen atoms in total. The van der Waals surface area contributed by atoms with Gasteiger partial charge in [-0.1, -0.05) is 12.1 Å². The summed E-state index contributed by atoms with van der Waals surface area (Å²) in [4.78, 5) is 25.2. The van der Waals surface area contributed by atoms with Gasteiger partial charge in [0.25, 0.3) is 0 Å². The van der Waals surface area contributed by atoms with Crippen molar-refractivity contribution in [3.8, 4) is 5.75 Å². The van der Waals surface area contributed by atoms with Crippen LogP contribution >= 0.6 is 0 Å². The number of nitrogens with zero attached hydrogens (tertiary/aromatic N) is 1. The summed E-state index contributed by atoms with van der Waals surface area (Å²) in [5.74, 6) is -0.144. The van der Waals surface area contributed by atoms with Crippen molar-refractivity contribution < 1.29 is 24.2 Å². The van der Waals surface area contributed by atoms with Gasteiger partial charge in [0.2, 0.25) is 0 Å². The van der Waals surface area contributed by atoms with Gasteiger partial charge in [0.15, 0.2) is 0 Å². The topological polar surface area (TPSA) is 76.1 Å². The van der Waals surface area contributed by atoms with E-state index in [9.17, 15) is 14.7 Å². The number of piperidine rings is 1. The number of hydrogen-bond acceptors (Lipinski definition) is 4. The molecule has 2 unspecified atom stereocenters. The Kier molecular flexibility index (Phi) is 5.36. The molecule has 1 fully saturated rings. The highest BCUT2D eigenvalue weighted by atomic mass is 16.6. The third-order valence-corrected chi connectivity index (χ3v) is 4.10. The smallest absolute Gasteiger partial charge is 0.411 e. The van der Waals surface area contributed by atoms with Crippen molar-refractivity contribution in [1.82, 2.24) is 4.90 Å². The number of ether oxygens (including phenoxy) is 2. The van der Waals surface area contributed by atoms with E-state index in [-0.39, 0.29) is 5.92 Å². The maximum absolute atomic E-state index is 12.3. The molecule has 1 aromatic rings. The van der Waals surface area contributed by atoms with E-state index in [2.05, 4.69) is 0 Å². The SMILES string of the molecule is COc1ccc(C2CCN(C(=O)OC(C)(C)C)C(C(=O)O)C2)cc1. The van der Waals surface area contributed by atoms with E-state index in [4.69, 9.17) is 9.47 Å². The molecule has 1 aromatic carbocycles. The van der Waals surface area contributed by atoms with Crippen LogP contribution in [0.1, 0.15) is 45.1 Å². The normalized spacial score (nSPS) is 21.2. The highest BCUT2D eigenvalue weighted by molar-refractivity contribution is 5.80. The molecule has 0 radical (unpaired) electrons. The minimum Gasteiger partial charge on any atom is -0.497 e. The fourth-order valence-corrected chi connectivity index (χ4v) is 2.92. The Morgan fingerprint density at radius 1 is 1.21 bits per heavy atom. The molecule has 132 valence electrons. The summed E-state index contributed by atoms with van der Waals surface area (Å²) in [6.45, 7) is 5.67. The predicted molar refractivity (Wildman–Crippen MR) is 89.3 cm³/mol. The lowest BCUT2D eigenvalue weighted by molar-refractivity contribution is -0.144. The Labute approximate surface area is 142 Å². The second-order valence-electron chi connectivity index (χ2n) is 7.02. The van der Waals surface area contributed by atoms with Gasteiger partial charge in [0, 0.05) is 6.54 Å². The summed E-state index contributed by atoms with van der Waals surface area (Å²) < 4.78 is 10.5. The summed E-state index contributed by atoms with van der Waals surface area (Å²) in [6, 6.07) is 6.76. The van der Waals surface area contributed by atoms with Gasteiger partial charge < -0.3 is 14.6 Å². The van der Waals surface area contributed by atoms with Crippen LogP contribution in [0.4, 0.5) is 4.79 Å². The van der Waals surface area contributed by atoms with E-state index < -0.39 is 23.7 Å². The molecular formula is C18H25NO5. The number of carbonyl (C=O) groups is 2. The number of rotatable bonds is 3. The van der Waals surface area contributed by atoms with Crippen molar-refractivity contribution in [2.75, 3.05) is 13.7 Å². The molecule has 0 aromatic heterocycles. The van der Waals surface area contributed by atoms with Crippen molar-refractivity contribution in [3.63, 3.8) is 0 Å². The average Bonchev–Trinajstić information content (AvgIpc) is 2.52. The zero-order chi connectivity index (χ0) is 17.9. The van der Waals surface area contributed by atoms with Crippen LogP contribution < -0.4 is 4.74 Å². The number of aliphatic carboxylic acids is 1. The molecule has 2 rings (SSSR count). The molecule has 0 bridgehead atoms. The van der Waals surface area contributed by atoms with E-state index in [0.29, 0.717) is 19.4 Å². The van der Waals surface area contributed by atoms with Crippen LogP contribution in [-0.2, 0) is 9.53 Å². The van der Waals surface area contributed by atoms with E-state index >= 15 is 0 Å². The van der Waals surface area contributed by atoms with Crippen molar-refractivity contribution in [2.24, 2.45) is 0 Å². The monoisotopic (exact) mass is 335 g/mol. The number of carbonyl (C=O) groups excluding carboxylic acids is 1. The van der Waals surface area contributed by atoms with E-state index in [0.717, 1.165) is 11.3 Å². The maximum Gasteiger partial charge on any atom is 0.411 e. The third kappa shape index (κ3) is 4.40. The van der Waals surface area contributed by atoms with Crippen LogP contribution in [0, 0.1) is 0 Å². The van der Waals surface area contributed by atoms with Gasteiger partial charge in [0.1, 0.15) is 17.4 Å². The van der Waals surface area contributed by atoms with Crippen molar-refractivity contribution in [3.05, 3.63) is 29.8 Å². The van der Waals surface area contributed by atoms with Gasteiger partial charge >= 0.3 is 12.1 Å². The lowest BCUT2D eigenvalue weighted by Gasteiger charge is -2.38. The number of hydrogen-bond donors (Lipinski definition) is 1. The number of methoxy groups -OCH3 is 1. The largest absolute Gasteiger partial charge is 0.497 e. The number of benzene rings is 1. The van der Waals surface area contributed by atoms with Crippen LogP contribution in [0.15, 0.2) is 24.3 Å². The predicted octanol–water partition coefficient (Wildman–Crippen LogP) is 3.26. The lowest BCUT2D eigenvalue weighted by atomic mass is 9.85. The first-order valence-corrected chi connectivity index (χ1v) is 8.07. The average molecular weight is 335 g/mol. The zero-order valence-electron chi connectivity index (χ0n) is 14.6. The molecule has 1 amide bonds. The molecular weight excluding hydrogens is 310 g/mol. The van der Waals surface area contributed by atoms with Crippen molar-refractivity contribution >= 4 is 12.1 Å². The number of carboxylic acid groups (broad SMARTS) is 1. The van der Waals surface area contributed by atoms with Crippen LogP contribution in [0.2, 0.25) is 0 Å². The van der Waals surface area contributed by atoms with Crippen molar-refractivity contribution in [1.29, 1.82) is 0 Å².